The van der Waals surface area contributed by atoms with Crippen molar-refractivity contribution in [3.05, 3.63) is 75.9 Å². The van der Waals surface area contributed by atoms with Crippen LogP contribution in [0.25, 0.3) is 10.9 Å². The Kier molecular flexibility index (Phi) is 3.48. The predicted octanol–water partition coefficient (Wildman–Crippen LogP) is 4.74. The van der Waals surface area contributed by atoms with Gasteiger partial charge in [-0.1, -0.05) is 29.8 Å². The van der Waals surface area contributed by atoms with Crippen LogP contribution in [0.3, 0.4) is 0 Å². The van der Waals surface area contributed by atoms with Gasteiger partial charge in [0, 0.05) is 27.2 Å². The molecule has 1 heterocycles. The van der Waals surface area contributed by atoms with Gasteiger partial charge in [0.15, 0.2) is 5.78 Å². The number of halogens is 1. The van der Waals surface area contributed by atoms with E-state index in [4.69, 9.17) is 11.6 Å². The molecule has 0 saturated carbocycles. The number of aromatic nitrogens is 1. The Labute approximate surface area is 128 Å². The second-order valence-corrected chi connectivity index (χ2v) is 5.51. The molecule has 0 fully saturated rings. The summed E-state index contributed by atoms with van der Waals surface area (Å²) in [6, 6.07) is 14.9. The van der Waals surface area contributed by atoms with Gasteiger partial charge >= 0.3 is 0 Å². The summed E-state index contributed by atoms with van der Waals surface area (Å²) in [5.41, 5.74) is 3.97. The van der Waals surface area contributed by atoms with E-state index in [1.807, 2.05) is 44.2 Å². The summed E-state index contributed by atoms with van der Waals surface area (Å²) < 4.78 is 0. The fraction of sp³-hybridized carbons (Fsp3) is 0.111. The molecule has 0 saturated heterocycles. The topological polar surface area (TPSA) is 30.0 Å². The molecule has 2 nitrogen and oxygen atoms in total. The minimum Gasteiger partial charge on any atom is -0.289 e. The summed E-state index contributed by atoms with van der Waals surface area (Å²) in [6.45, 7) is 3.81. The lowest BCUT2D eigenvalue weighted by Crippen LogP contribution is -2.04. The highest BCUT2D eigenvalue weighted by Crippen LogP contribution is 2.23. The standard InChI is InChI=1S/C18H14ClNO/c1-11-6-7-13-10-14(8-9-17(13)20-11)18(21)15-4-3-5-16(19)12(15)2/h3-10H,1-2H3. The molecule has 0 atom stereocenters. The summed E-state index contributed by atoms with van der Waals surface area (Å²) in [4.78, 5) is 17.1. The van der Waals surface area contributed by atoms with Crippen molar-refractivity contribution in [1.82, 2.24) is 4.98 Å². The maximum absolute atomic E-state index is 12.7. The second kappa shape index (κ2) is 5.30. The summed E-state index contributed by atoms with van der Waals surface area (Å²) >= 11 is 6.10. The number of carbonyl (C=O) groups is 1. The first kappa shape index (κ1) is 13.8. The third-order valence-corrected chi connectivity index (χ3v) is 4.01. The van der Waals surface area contributed by atoms with Crippen molar-refractivity contribution in [3.63, 3.8) is 0 Å². The van der Waals surface area contributed by atoms with Gasteiger partial charge in [-0.25, -0.2) is 0 Å². The number of hydrogen-bond acceptors (Lipinski definition) is 2. The second-order valence-electron chi connectivity index (χ2n) is 5.10. The summed E-state index contributed by atoms with van der Waals surface area (Å²) in [7, 11) is 0. The van der Waals surface area contributed by atoms with E-state index >= 15 is 0 Å². The van der Waals surface area contributed by atoms with Crippen LogP contribution in [0.4, 0.5) is 0 Å². The molecule has 0 radical (unpaired) electrons. The molecule has 0 aliphatic carbocycles. The molecule has 0 spiro atoms. The zero-order chi connectivity index (χ0) is 15.0. The summed E-state index contributed by atoms with van der Waals surface area (Å²) in [5.74, 6) is -0.0162. The maximum atomic E-state index is 12.7. The van der Waals surface area contributed by atoms with E-state index < -0.39 is 0 Å². The number of fused-ring (bicyclic) bond motifs is 1. The van der Waals surface area contributed by atoms with Crippen molar-refractivity contribution in [2.45, 2.75) is 13.8 Å². The van der Waals surface area contributed by atoms with Crippen molar-refractivity contribution < 1.29 is 4.79 Å². The van der Waals surface area contributed by atoms with Crippen LogP contribution in [-0.4, -0.2) is 10.8 Å². The van der Waals surface area contributed by atoms with Crippen LogP contribution in [-0.2, 0) is 0 Å². The summed E-state index contributed by atoms with van der Waals surface area (Å²) in [5, 5.41) is 1.57. The minimum atomic E-state index is -0.0162. The molecule has 2 aromatic carbocycles. The third kappa shape index (κ3) is 2.55. The van der Waals surface area contributed by atoms with E-state index in [1.165, 1.54) is 0 Å². The number of ketones is 1. The zero-order valence-electron chi connectivity index (χ0n) is 11.9. The smallest absolute Gasteiger partial charge is 0.193 e. The normalized spacial score (nSPS) is 10.8. The van der Waals surface area contributed by atoms with Crippen molar-refractivity contribution >= 4 is 28.3 Å². The largest absolute Gasteiger partial charge is 0.289 e. The average molecular weight is 296 g/mol. The Balaban J connectivity index is 2.09. The fourth-order valence-corrected chi connectivity index (χ4v) is 2.55. The lowest BCUT2D eigenvalue weighted by Gasteiger charge is -2.07. The summed E-state index contributed by atoms with van der Waals surface area (Å²) in [6.07, 6.45) is 0. The van der Waals surface area contributed by atoms with Crippen LogP contribution >= 0.6 is 11.6 Å². The van der Waals surface area contributed by atoms with Gasteiger partial charge in [-0.2, -0.15) is 0 Å². The quantitative estimate of drug-likeness (QED) is 0.639. The van der Waals surface area contributed by atoms with Crippen LogP contribution in [0.2, 0.25) is 5.02 Å². The highest BCUT2D eigenvalue weighted by molar-refractivity contribution is 6.32. The first-order valence-corrected chi connectivity index (χ1v) is 7.11. The first-order chi connectivity index (χ1) is 10.1. The molecule has 3 aromatic rings. The van der Waals surface area contributed by atoms with Gasteiger partial charge in [0.1, 0.15) is 0 Å². The number of hydrogen-bond donors (Lipinski definition) is 0. The van der Waals surface area contributed by atoms with E-state index in [0.717, 1.165) is 22.2 Å². The highest BCUT2D eigenvalue weighted by atomic mass is 35.5. The highest BCUT2D eigenvalue weighted by Gasteiger charge is 2.13. The molecule has 3 rings (SSSR count). The average Bonchev–Trinajstić information content (AvgIpc) is 2.49. The molecule has 3 heteroatoms. The lowest BCUT2D eigenvalue weighted by molar-refractivity contribution is 0.103. The van der Waals surface area contributed by atoms with E-state index in [-0.39, 0.29) is 5.78 Å². The fourth-order valence-electron chi connectivity index (χ4n) is 2.38. The molecule has 0 aliphatic rings. The van der Waals surface area contributed by atoms with Crippen molar-refractivity contribution in [2.24, 2.45) is 0 Å². The van der Waals surface area contributed by atoms with Crippen LogP contribution in [0.5, 0.6) is 0 Å². The van der Waals surface area contributed by atoms with Gasteiger partial charge in [-0.3, -0.25) is 9.78 Å². The Morgan fingerprint density at radius 3 is 2.67 bits per heavy atom. The maximum Gasteiger partial charge on any atom is 0.193 e. The number of nitrogens with zero attached hydrogens (tertiary/aromatic N) is 1. The number of pyridine rings is 1. The molecule has 21 heavy (non-hydrogen) atoms. The van der Waals surface area contributed by atoms with Gasteiger partial charge < -0.3 is 0 Å². The zero-order valence-corrected chi connectivity index (χ0v) is 12.6. The number of aryl methyl sites for hydroxylation is 1. The molecule has 0 amide bonds. The van der Waals surface area contributed by atoms with Gasteiger partial charge in [-0.05, 0) is 49.7 Å². The van der Waals surface area contributed by atoms with Gasteiger partial charge in [-0.15, -0.1) is 0 Å². The van der Waals surface area contributed by atoms with E-state index in [2.05, 4.69) is 4.98 Å². The molecule has 104 valence electrons. The van der Waals surface area contributed by atoms with Crippen LogP contribution in [0.15, 0.2) is 48.5 Å². The van der Waals surface area contributed by atoms with Gasteiger partial charge in [0.05, 0.1) is 5.52 Å². The third-order valence-electron chi connectivity index (χ3n) is 3.60. The Morgan fingerprint density at radius 2 is 1.86 bits per heavy atom. The molecule has 0 N–H and O–H groups in total. The van der Waals surface area contributed by atoms with Crippen LogP contribution < -0.4 is 0 Å². The number of carbonyl (C=O) groups excluding carboxylic acids is 1. The lowest BCUT2D eigenvalue weighted by atomic mass is 9.98. The number of benzene rings is 2. The van der Waals surface area contributed by atoms with E-state index in [0.29, 0.717) is 16.1 Å². The Hall–Kier alpha value is -2.19. The number of rotatable bonds is 2. The van der Waals surface area contributed by atoms with Crippen LogP contribution in [0.1, 0.15) is 27.2 Å². The molecular weight excluding hydrogens is 282 g/mol. The van der Waals surface area contributed by atoms with Crippen molar-refractivity contribution in [2.75, 3.05) is 0 Å². The molecule has 0 unspecified atom stereocenters. The predicted molar refractivity (Wildman–Crippen MR) is 86.1 cm³/mol. The minimum absolute atomic E-state index is 0.0162. The Morgan fingerprint density at radius 1 is 1.05 bits per heavy atom. The molecule has 0 bridgehead atoms. The van der Waals surface area contributed by atoms with Gasteiger partial charge in [0.25, 0.3) is 0 Å². The van der Waals surface area contributed by atoms with Gasteiger partial charge in [0.2, 0.25) is 0 Å². The van der Waals surface area contributed by atoms with Crippen molar-refractivity contribution in [3.8, 4) is 0 Å². The monoisotopic (exact) mass is 295 g/mol. The molecular formula is C18H14ClNO. The molecule has 1 aromatic heterocycles. The molecule has 0 aliphatic heterocycles. The van der Waals surface area contributed by atoms with Crippen LogP contribution in [0, 0.1) is 13.8 Å². The van der Waals surface area contributed by atoms with E-state index in [1.54, 1.807) is 18.2 Å². The van der Waals surface area contributed by atoms with E-state index in [9.17, 15) is 4.79 Å². The SMILES string of the molecule is Cc1ccc2cc(C(=O)c3cccc(Cl)c3C)ccc2n1. The first-order valence-electron chi connectivity index (χ1n) is 6.73. The van der Waals surface area contributed by atoms with Crippen molar-refractivity contribution in [1.29, 1.82) is 0 Å². The Bertz CT molecular complexity index is 855.